The third-order valence-electron chi connectivity index (χ3n) is 0.974. The highest BCUT2D eigenvalue weighted by atomic mass is 19.3. The fourth-order valence-corrected chi connectivity index (χ4v) is 0.462. The SMILES string of the molecule is CC(C)(O)CCC(F)F. The Kier molecular flexibility index (Phi) is 3.04. The van der Waals surface area contributed by atoms with Crippen molar-refractivity contribution in [3.05, 3.63) is 0 Å². The molecule has 0 aromatic heterocycles. The van der Waals surface area contributed by atoms with Crippen LogP contribution >= 0.6 is 0 Å². The maximum atomic E-state index is 11.5. The van der Waals surface area contributed by atoms with Crippen LogP contribution in [-0.2, 0) is 0 Å². The molecule has 0 amide bonds. The largest absolute Gasteiger partial charge is 0.390 e. The third-order valence-corrected chi connectivity index (χ3v) is 0.974. The quantitative estimate of drug-likeness (QED) is 0.630. The smallest absolute Gasteiger partial charge is 0.238 e. The molecule has 0 fully saturated rings. The molecule has 0 unspecified atom stereocenters. The van der Waals surface area contributed by atoms with Crippen LogP contribution in [0.25, 0.3) is 0 Å². The highest BCUT2D eigenvalue weighted by molar-refractivity contribution is 4.64. The molecule has 56 valence electrons. The van der Waals surface area contributed by atoms with Gasteiger partial charge in [-0.1, -0.05) is 0 Å². The van der Waals surface area contributed by atoms with Gasteiger partial charge in [0.1, 0.15) is 0 Å². The first-order chi connectivity index (χ1) is 3.92. The number of rotatable bonds is 3. The van der Waals surface area contributed by atoms with Crippen molar-refractivity contribution in [3.63, 3.8) is 0 Å². The van der Waals surface area contributed by atoms with Gasteiger partial charge in [-0.3, -0.25) is 0 Å². The summed E-state index contributed by atoms with van der Waals surface area (Å²) in [5.41, 5.74) is -0.948. The minimum atomic E-state index is -2.29. The van der Waals surface area contributed by atoms with Gasteiger partial charge >= 0.3 is 0 Å². The summed E-state index contributed by atoms with van der Waals surface area (Å²) in [5.74, 6) is 0. The van der Waals surface area contributed by atoms with E-state index in [-0.39, 0.29) is 12.8 Å². The van der Waals surface area contributed by atoms with E-state index in [2.05, 4.69) is 0 Å². The molecule has 0 aromatic carbocycles. The molecule has 0 heterocycles. The average molecular weight is 138 g/mol. The molecule has 0 aromatic rings. The molecule has 1 N–H and O–H groups in total. The minimum Gasteiger partial charge on any atom is -0.390 e. The first-order valence-corrected chi connectivity index (χ1v) is 2.92. The number of hydrogen-bond acceptors (Lipinski definition) is 1. The molecule has 0 spiro atoms. The van der Waals surface area contributed by atoms with E-state index in [0.29, 0.717) is 0 Å². The Hall–Kier alpha value is -0.180. The third kappa shape index (κ3) is 7.82. The number of halogens is 2. The molecule has 0 aliphatic carbocycles. The molecule has 0 atom stereocenters. The van der Waals surface area contributed by atoms with Crippen LogP contribution in [0.2, 0.25) is 0 Å². The van der Waals surface area contributed by atoms with Crippen LogP contribution in [0, 0.1) is 0 Å². The molecule has 0 aliphatic heterocycles. The van der Waals surface area contributed by atoms with Crippen LogP contribution in [0.5, 0.6) is 0 Å². The summed E-state index contributed by atoms with van der Waals surface area (Å²) in [6, 6.07) is 0. The molecule has 9 heavy (non-hydrogen) atoms. The average Bonchev–Trinajstić information content (AvgIpc) is 1.59. The van der Waals surface area contributed by atoms with Crippen molar-refractivity contribution in [1.82, 2.24) is 0 Å². The first kappa shape index (κ1) is 8.82. The van der Waals surface area contributed by atoms with Crippen molar-refractivity contribution < 1.29 is 13.9 Å². The van der Waals surface area contributed by atoms with E-state index in [0.717, 1.165) is 0 Å². The zero-order valence-corrected chi connectivity index (χ0v) is 5.69. The highest BCUT2D eigenvalue weighted by Crippen LogP contribution is 2.13. The van der Waals surface area contributed by atoms with Gasteiger partial charge in [0.2, 0.25) is 6.43 Å². The summed E-state index contributed by atoms with van der Waals surface area (Å²) in [7, 11) is 0. The zero-order chi connectivity index (χ0) is 7.49. The Balaban J connectivity index is 3.28. The number of aliphatic hydroxyl groups is 1. The van der Waals surface area contributed by atoms with E-state index in [9.17, 15) is 8.78 Å². The lowest BCUT2D eigenvalue weighted by molar-refractivity contribution is 0.0408. The van der Waals surface area contributed by atoms with Gasteiger partial charge in [0.25, 0.3) is 0 Å². The summed E-state index contributed by atoms with van der Waals surface area (Å²) in [6.07, 6.45) is -2.36. The van der Waals surface area contributed by atoms with Crippen LogP contribution < -0.4 is 0 Å². The van der Waals surface area contributed by atoms with E-state index in [1.807, 2.05) is 0 Å². The van der Waals surface area contributed by atoms with Gasteiger partial charge in [-0.05, 0) is 20.3 Å². The second-order valence-electron chi connectivity index (χ2n) is 2.74. The predicted octanol–water partition coefficient (Wildman–Crippen LogP) is 1.80. The molecule has 0 bridgehead atoms. The standard InChI is InChI=1S/C6H12F2O/c1-6(2,9)4-3-5(7)8/h5,9H,3-4H2,1-2H3. The van der Waals surface area contributed by atoms with Crippen molar-refractivity contribution in [2.75, 3.05) is 0 Å². The summed E-state index contributed by atoms with van der Waals surface area (Å²) in [5, 5.41) is 8.93. The van der Waals surface area contributed by atoms with E-state index >= 15 is 0 Å². The number of hydrogen-bond donors (Lipinski definition) is 1. The van der Waals surface area contributed by atoms with Gasteiger partial charge in [-0.2, -0.15) is 0 Å². The Morgan fingerprint density at radius 2 is 1.89 bits per heavy atom. The minimum absolute atomic E-state index is 0.157. The normalized spacial score (nSPS) is 12.7. The van der Waals surface area contributed by atoms with Crippen molar-refractivity contribution in [1.29, 1.82) is 0 Å². The predicted molar refractivity (Wildman–Crippen MR) is 31.5 cm³/mol. The summed E-state index contributed by atoms with van der Waals surface area (Å²) >= 11 is 0. The van der Waals surface area contributed by atoms with Gasteiger partial charge in [0.05, 0.1) is 5.60 Å². The maximum Gasteiger partial charge on any atom is 0.238 e. The van der Waals surface area contributed by atoms with Gasteiger partial charge in [-0.15, -0.1) is 0 Å². The Morgan fingerprint density at radius 1 is 1.44 bits per heavy atom. The monoisotopic (exact) mass is 138 g/mol. The van der Waals surface area contributed by atoms with Crippen LogP contribution in [0.3, 0.4) is 0 Å². The zero-order valence-electron chi connectivity index (χ0n) is 5.69. The molecular formula is C6H12F2O. The van der Waals surface area contributed by atoms with Crippen LogP contribution in [0.1, 0.15) is 26.7 Å². The summed E-state index contributed by atoms with van der Waals surface area (Å²) in [4.78, 5) is 0. The van der Waals surface area contributed by atoms with Gasteiger partial charge < -0.3 is 5.11 Å². The lowest BCUT2D eigenvalue weighted by Crippen LogP contribution is -2.19. The van der Waals surface area contributed by atoms with Gasteiger partial charge in [-0.25, -0.2) is 8.78 Å². The second-order valence-corrected chi connectivity index (χ2v) is 2.74. The molecule has 1 nitrogen and oxygen atoms in total. The molecule has 0 saturated carbocycles. The molecule has 0 radical (unpaired) electrons. The van der Waals surface area contributed by atoms with E-state index in [1.54, 1.807) is 0 Å². The summed E-state index contributed by atoms with van der Waals surface area (Å²) < 4.78 is 22.9. The molecule has 3 heteroatoms. The Morgan fingerprint density at radius 3 is 2.00 bits per heavy atom. The lowest BCUT2D eigenvalue weighted by atomic mass is 10.0. The lowest BCUT2D eigenvalue weighted by Gasteiger charge is -2.15. The fourth-order valence-electron chi connectivity index (χ4n) is 0.462. The topological polar surface area (TPSA) is 20.2 Å². The van der Waals surface area contributed by atoms with Crippen LogP contribution in [-0.4, -0.2) is 17.1 Å². The number of alkyl halides is 2. The van der Waals surface area contributed by atoms with Crippen molar-refractivity contribution >= 4 is 0 Å². The summed E-state index contributed by atoms with van der Waals surface area (Å²) in [6.45, 7) is 3.05. The fraction of sp³-hybridized carbons (Fsp3) is 1.00. The van der Waals surface area contributed by atoms with Crippen LogP contribution in [0.15, 0.2) is 0 Å². The highest BCUT2D eigenvalue weighted by Gasteiger charge is 2.14. The Bertz CT molecular complexity index is 75.6. The molecule has 0 rings (SSSR count). The van der Waals surface area contributed by atoms with Crippen molar-refractivity contribution in [2.24, 2.45) is 0 Å². The molecule has 0 aliphatic rings. The van der Waals surface area contributed by atoms with Gasteiger partial charge in [0, 0.05) is 6.42 Å². The first-order valence-electron chi connectivity index (χ1n) is 2.92. The molecular weight excluding hydrogens is 126 g/mol. The van der Waals surface area contributed by atoms with Gasteiger partial charge in [0.15, 0.2) is 0 Å². The Labute approximate surface area is 53.7 Å². The van der Waals surface area contributed by atoms with Crippen molar-refractivity contribution in [3.8, 4) is 0 Å². The molecule has 0 saturated heterocycles. The maximum absolute atomic E-state index is 11.5. The second kappa shape index (κ2) is 3.11. The van der Waals surface area contributed by atoms with Crippen LogP contribution in [0.4, 0.5) is 8.78 Å². The van der Waals surface area contributed by atoms with E-state index < -0.39 is 12.0 Å². The van der Waals surface area contributed by atoms with Crippen molar-refractivity contribution in [2.45, 2.75) is 38.7 Å². The van der Waals surface area contributed by atoms with E-state index in [4.69, 9.17) is 5.11 Å². The van der Waals surface area contributed by atoms with E-state index in [1.165, 1.54) is 13.8 Å².